The highest BCUT2D eigenvalue weighted by Gasteiger charge is 2.31. The van der Waals surface area contributed by atoms with Gasteiger partial charge in [0.1, 0.15) is 11.6 Å². The van der Waals surface area contributed by atoms with E-state index in [-0.39, 0.29) is 16.4 Å². The summed E-state index contributed by atoms with van der Waals surface area (Å²) in [5.41, 5.74) is 8.94. The molecule has 2 atom stereocenters. The van der Waals surface area contributed by atoms with E-state index in [1.54, 1.807) is 6.07 Å². The van der Waals surface area contributed by atoms with E-state index >= 15 is 0 Å². The van der Waals surface area contributed by atoms with Crippen LogP contribution in [0.2, 0.25) is 10.0 Å². The fourth-order valence-corrected chi connectivity index (χ4v) is 4.92. The van der Waals surface area contributed by atoms with Gasteiger partial charge >= 0.3 is 0 Å². The largest absolute Gasteiger partial charge is 0.375 e. The van der Waals surface area contributed by atoms with Gasteiger partial charge in [-0.1, -0.05) is 37.0 Å². The van der Waals surface area contributed by atoms with E-state index < -0.39 is 11.6 Å². The molecule has 1 aliphatic heterocycles. The molecule has 178 valence electrons. The second-order valence-corrected chi connectivity index (χ2v) is 10.2. The molecule has 0 aliphatic carbocycles. The first-order valence-electron chi connectivity index (χ1n) is 10.9. The van der Waals surface area contributed by atoms with Gasteiger partial charge in [0.25, 0.3) is 0 Å². The predicted octanol–water partition coefficient (Wildman–Crippen LogP) is 6.17. The Morgan fingerprint density at radius 1 is 1.24 bits per heavy atom. The molecule has 0 spiro atoms. The molecule has 9 heteroatoms. The highest BCUT2D eigenvalue weighted by atomic mass is 35.5. The van der Waals surface area contributed by atoms with E-state index in [1.165, 1.54) is 6.07 Å². The van der Waals surface area contributed by atoms with Crippen molar-refractivity contribution in [2.45, 2.75) is 33.1 Å². The van der Waals surface area contributed by atoms with Crippen molar-refractivity contribution in [1.29, 1.82) is 0 Å². The van der Waals surface area contributed by atoms with Crippen LogP contribution >= 0.6 is 35.4 Å². The van der Waals surface area contributed by atoms with Crippen molar-refractivity contribution in [3.63, 3.8) is 0 Å². The number of thiocarbonyl (C=S) groups is 1. The van der Waals surface area contributed by atoms with E-state index in [0.29, 0.717) is 40.9 Å². The first-order chi connectivity index (χ1) is 15.6. The molecule has 0 radical (unpaired) electrons. The molecule has 2 aromatic carbocycles. The van der Waals surface area contributed by atoms with E-state index in [1.807, 2.05) is 17.0 Å². The topological polar surface area (TPSA) is 53.6 Å². The molecule has 4 nitrogen and oxygen atoms in total. The number of nitrogens with one attached hydrogen (secondary N) is 1. The number of benzene rings is 2. The fraction of sp³-hybridized carbons (Fsp3) is 0.417. The van der Waals surface area contributed by atoms with Crippen molar-refractivity contribution in [1.82, 2.24) is 5.43 Å². The van der Waals surface area contributed by atoms with Crippen molar-refractivity contribution >= 4 is 52.4 Å². The Bertz CT molecular complexity index is 1030. The molecule has 3 rings (SSSR count). The van der Waals surface area contributed by atoms with Crippen LogP contribution in [0.4, 0.5) is 14.5 Å². The Labute approximate surface area is 209 Å². The number of hydrogen-bond donors (Lipinski definition) is 2. The summed E-state index contributed by atoms with van der Waals surface area (Å²) < 4.78 is 29.6. The lowest BCUT2D eigenvalue weighted by Gasteiger charge is -2.41. The van der Waals surface area contributed by atoms with Crippen LogP contribution in [0.25, 0.3) is 0 Å². The molecule has 1 fully saturated rings. The SMILES string of the molecule is CC(C)C[C@H]1CN(c2cc(F)c(C=NNC(N)=S)cc2F)CCC1Cc1cc(Cl)ccc1Cl. The van der Waals surface area contributed by atoms with Gasteiger partial charge in [-0.2, -0.15) is 5.10 Å². The molecule has 2 aromatic rings. The zero-order chi connectivity index (χ0) is 24.1. The molecule has 1 heterocycles. The third kappa shape index (κ3) is 7.01. The predicted molar refractivity (Wildman–Crippen MR) is 137 cm³/mol. The van der Waals surface area contributed by atoms with Crippen LogP contribution < -0.4 is 16.1 Å². The van der Waals surface area contributed by atoms with E-state index in [9.17, 15) is 8.78 Å². The van der Waals surface area contributed by atoms with E-state index in [2.05, 4.69) is 36.6 Å². The zero-order valence-electron chi connectivity index (χ0n) is 18.6. The highest BCUT2D eigenvalue weighted by Crippen LogP contribution is 2.36. The number of nitrogens with two attached hydrogens (primary N) is 1. The second kappa shape index (κ2) is 11.4. The highest BCUT2D eigenvalue weighted by molar-refractivity contribution is 7.80. The molecule has 3 N–H and O–H groups in total. The van der Waals surface area contributed by atoms with Gasteiger partial charge in [-0.3, -0.25) is 5.43 Å². The maximum absolute atomic E-state index is 15.0. The van der Waals surface area contributed by atoms with Crippen molar-refractivity contribution in [3.8, 4) is 0 Å². The maximum atomic E-state index is 15.0. The van der Waals surface area contributed by atoms with Gasteiger partial charge in [0.05, 0.1) is 11.9 Å². The van der Waals surface area contributed by atoms with Crippen LogP contribution in [-0.2, 0) is 6.42 Å². The molecule has 0 bridgehead atoms. The first-order valence-corrected chi connectivity index (χ1v) is 12.1. The Hall–Kier alpha value is -1.96. The lowest BCUT2D eigenvalue weighted by Crippen LogP contribution is -2.42. The molecule has 0 aromatic heterocycles. The average molecular weight is 513 g/mol. The number of hydrogen-bond acceptors (Lipinski definition) is 3. The number of rotatable bonds is 7. The fourth-order valence-electron chi connectivity index (χ4n) is 4.48. The molecular weight excluding hydrogens is 485 g/mol. The number of piperidine rings is 1. The summed E-state index contributed by atoms with van der Waals surface area (Å²) in [6.45, 7) is 5.63. The molecule has 1 aliphatic rings. The lowest BCUT2D eigenvalue weighted by molar-refractivity contribution is 0.238. The number of halogens is 4. The van der Waals surface area contributed by atoms with Crippen LogP contribution in [0.3, 0.4) is 0 Å². The minimum Gasteiger partial charge on any atom is -0.375 e. The maximum Gasteiger partial charge on any atom is 0.184 e. The Kier molecular flexibility index (Phi) is 8.90. The van der Waals surface area contributed by atoms with E-state index in [0.717, 1.165) is 37.1 Å². The minimum absolute atomic E-state index is 0.0178. The Morgan fingerprint density at radius 2 is 2.00 bits per heavy atom. The molecule has 1 unspecified atom stereocenters. The molecule has 33 heavy (non-hydrogen) atoms. The quantitative estimate of drug-likeness (QED) is 0.264. The number of nitrogens with zero attached hydrogens (tertiary/aromatic N) is 2. The van der Waals surface area contributed by atoms with Gasteiger partial charge in [0.15, 0.2) is 5.11 Å². The summed E-state index contributed by atoms with van der Waals surface area (Å²) >= 11 is 17.2. The summed E-state index contributed by atoms with van der Waals surface area (Å²) in [7, 11) is 0. The summed E-state index contributed by atoms with van der Waals surface area (Å²) in [5, 5.41) is 5.03. The van der Waals surface area contributed by atoms with E-state index in [4.69, 9.17) is 28.9 Å². The summed E-state index contributed by atoms with van der Waals surface area (Å²) in [6, 6.07) is 7.91. The van der Waals surface area contributed by atoms with Crippen LogP contribution in [-0.4, -0.2) is 24.4 Å². The third-order valence-electron chi connectivity index (χ3n) is 5.94. The van der Waals surface area contributed by atoms with Crippen LogP contribution in [0.15, 0.2) is 35.4 Å². The summed E-state index contributed by atoms with van der Waals surface area (Å²) in [4.78, 5) is 1.94. The number of anilines is 1. The van der Waals surface area contributed by atoms with Crippen LogP contribution in [0, 0.1) is 29.4 Å². The second-order valence-electron chi connectivity index (χ2n) is 8.88. The molecular formula is C24H28Cl2F2N4S. The number of hydrazone groups is 1. The average Bonchev–Trinajstić information content (AvgIpc) is 2.73. The molecule has 1 saturated heterocycles. The van der Waals surface area contributed by atoms with Gasteiger partial charge in [0, 0.05) is 34.8 Å². The molecule has 0 saturated carbocycles. The van der Waals surface area contributed by atoms with Crippen molar-refractivity contribution in [3.05, 3.63) is 63.1 Å². The van der Waals surface area contributed by atoms with Gasteiger partial charge in [-0.05, 0) is 79.1 Å². The summed E-state index contributed by atoms with van der Waals surface area (Å²) in [5.74, 6) is 0.117. The minimum atomic E-state index is -0.562. The third-order valence-corrected chi connectivity index (χ3v) is 6.64. The normalized spacial score (nSPS) is 18.8. The van der Waals surface area contributed by atoms with Crippen LogP contribution in [0.5, 0.6) is 0 Å². The first kappa shape index (κ1) is 25.7. The standard InChI is InChI=1S/C24H28Cl2F2N4S/c1-14(2)7-18-13-32(6-5-15(18)8-16-9-19(25)3-4-20(16)26)23-11-21(27)17(10-22(23)28)12-30-31-24(29)33/h3-4,9-12,14-15,18H,5-8,13H2,1-2H3,(H3,29,31,33)/t15?,18-/m0/s1. The Morgan fingerprint density at radius 3 is 2.70 bits per heavy atom. The zero-order valence-corrected chi connectivity index (χ0v) is 21.0. The Balaban J connectivity index is 1.79. The summed E-state index contributed by atoms with van der Waals surface area (Å²) in [6.07, 6.45) is 3.80. The van der Waals surface area contributed by atoms with Crippen LogP contribution in [0.1, 0.15) is 37.8 Å². The molecule has 0 amide bonds. The van der Waals surface area contributed by atoms with Gasteiger partial charge in [0.2, 0.25) is 0 Å². The monoisotopic (exact) mass is 512 g/mol. The lowest BCUT2D eigenvalue weighted by atomic mass is 9.77. The van der Waals surface area contributed by atoms with Crippen molar-refractivity contribution < 1.29 is 8.78 Å². The van der Waals surface area contributed by atoms with Crippen molar-refractivity contribution in [2.75, 3.05) is 18.0 Å². The van der Waals surface area contributed by atoms with Gasteiger partial charge in [-0.15, -0.1) is 0 Å². The van der Waals surface area contributed by atoms with Crippen molar-refractivity contribution in [2.24, 2.45) is 28.6 Å². The van der Waals surface area contributed by atoms with Gasteiger partial charge in [-0.25, -0.2) is 8.78 Å². The van der Waals surface area contributed by atoms with Gasteiger partial charge < -0.3 is 10.6 Å². The smallest absolute Gasteiger partial charge is 0.184 e.